The van der Waals surface area contributed by atoms with E-state index in [0.29, 0.717) is 23.1 Å². The van der Waals surface area contributed by atoms with E-state index in [9.17, 15) is 4.79 Å². The lowest BCUT2D eigenvalue weighted by Gasteiger charge is -2.13. The number of carbonyl (C=O) groups excluding carboxylic acids is 1. The van der Waals surface area contributed by atoms with Crippen LogP contribution in [-0.4, -0.2) is 50.4 Å². The fourth-order valence-electron chi connectivity index (χ4n) is 4.89. The number of benzene rings is 1. The third-order valence-electron chi connectivity index (χ3n) is 7.27. The maximum absolute atomic E-state index is 12.7. The Morgan fingerprint density at radius 3 is 2.67 bits per heavy atom. The monoisotopic (exact) mass is 567 g/mol. The summed E-state index contributed by atoms with van der Waals surface area (Å²) in [7, 11) is 3.32. The zero-order valence-electron chi connectivity index (χ0n) is 24.2. The summed E-state index contributed by atoms with van der Waals surface area (Å²) < 4.78 is 7.60. The van der Waals surface area contributed by atoms with Crippen LogP contribution in [-0.2, 0) is 4.79 Å². The van der Waals surface area contributed by atoms with Gasteiger partial charge in [0.1, 0.15) is 22.9 Å². The number of ether oxygens (including phenoxy) is 1. The van der Waals surface area contributed by atoms with Gasteiger partial charge in [-0.25, -0.2) is 15.0 Å². The van der Waals surface area contributed by atoms with Gasteiger partial charge < -0.3 is 15.4 Å². The van der Waals surface area contributed by atoms with Crippen LogP contribution in [0.3, 0.4) is 0 Å². The average molecular weight is 568 g/mol. The number of aromatic nitrogens is 5. The van der Waals surface area contributed by atoms with Crippen LogP contribution >= 0.6 is 0 Å². The molecule has 6 rings (SSSR count). The van der Waals surface area contributed by atoms with Crippen molar-refractivity contribution in [3.05, 3.63) is 102 Å². The van der Waals surface area contributed by atoms with Crippen LogP contribution < -0.4 is 15.4 Å². The van der Waals surface area contributed by atoms with E-state index < -0.39 is 6.04 Å². The van der Waals surface area contributed by atoms with Gasteiger partial charge >= 0.3 is 0 Å². The van der Waals surface area contributed by atoms with Gasteiger partial charge in [-0.15, -0.1) is 0 Å². The first-order valence-corrected chi connectivity index (χ1v) is 13.8. The molecule has 6 aromatic rings. The smallest absolute Gasteiger partial charge is 0.242 e. The Hall–Kier alpha value is -5.59. The molecule has 1 unspecified atom stereocenters. The highest BCUT2D eigenvalue weighted by Crippen LogP contribution is 2.37. The van der Waals surface area contributed by atoms with Crippen LogP contribution in [0.15, 0.2) is 85.3 Å². The zero-order chi connectivity index (χ0) is 29.9. The number of pyridine rings is 4. The van der Waals surface area contributed by atoms with Gasteiger partial charge in [0.15, 0.2) is 0 Å². The van der Waals surface area contributed by atoms with Gasteiger partial charge in [0.2, 0.25) is 11.8 Å². The maximum Gasteiger partial charge on any atom is 0.242 e. The molecule has 1 amide bonds. The molecule has 0 bridgehead atoms. The van der Waals surface area contributed by atoms with E-state index >= 15 is 0 Å². The first-order chi connectivity index (χ1) is 21.0. The summed E-state index contributed by atoms with van der Waals surface area (Å²) in [5, 5.41) is 7.99. The quantitative estimate of drug-likeness (QED) is 0.264. The van der Waals surface area contributed by atoms with Gasteiger partial charge in [0.05, 0.1) is 24.4 Å². The summed E-state index contributed by atoms with van der Waals surface area (Å²) in [5.74, 6) is 7.25. The molecule has 1 atom stereocenters. The summed E-state index contributed by atoms with van der Waals surface area (Å²) in [6.45, 7) is 3.77. The van der Waals surface area contributed by atoms with Crippen molar-refractivity contribution in [2.75, 3.05) is 19.5 Å². The standard InChI is InChI=1S/C34H29N7O2/c1-21-25-12-10-23(20-24(25)16-18-36-21)11-14-28-26(13-15-29(38-28)39-33(42)22(2)35-3)32-31(27-8-7-17-37-34(27)43-4)40-30-9-5-6-19-41(30)32/h5-10,12-13,15-20,22,35H,1-4H3,(H,38,39,42). The minimum absolute atomic E-state index is 0.198. The molecule has 212 valence electrons. The molecule has 0 aliphatic rings. The Labute approximate surface area is 249 Å². The van der Waals surface area contributed by atoms with Gasteiger partial charge in [-0.2, -0.15) is 0 Å². The number of aryl methyl sites for hydroxylation is 1. The number of likely N-dealkylation sites (N-methyl/N-ethyl adjacent to an activating group) is 1. The normalized spacial score (nSPS) is 11.6. The summed E-state index contributed by atoms with van der Waals surface area (Å²) in [6, 6.07) is 20.9. The van der Waals surface area contributed by atoms with Crippen molar-refractivity contribution in [3.8, 4) is 40.2 Å². The topological polar surface area (TPSA) is 106 Å². The Balaban J connectivity index is 1.55. The van der Waals surface area contributed by atoms with Gasteiger partial charge in [-0.3, -0.25) is 14.2 Å². The summed E-state index contributed by atoms with van der Waals surface area (Å²) in [6.07, 6.45) is 5.43. The molecule has 9 heteroatoms. The third-order valence-corrected chi connectivity index (χ3v) is 7.27. The first-order valence-electron chi connectivity index (χ1n) is 13.8. The number of carbonyl (C=O) groups is 1. The lowest BCUT2D eigenvalue weighted by molar-refractivity contribution is -0.117. The molecule has 0 aliphatic carbocycles. The van der Waals surface area contributed by atoms with Crippen molar-refractivity contribution >= 4 is 28.1 Å². The van der Waals surface area contributed by atoms with Crippen LogP contribution in [0.2, 0.25) is 0 Å². The number of methoxy groups -OCH3 is 1. The van der Waals surface area contributed by atoms with Crippen LogP contribution in [0.5, 0.6) is 5.88 Å². The number of nitrogens with zero attached hydrogens (tertiary/aromatic N) is 5. The first kappa shape index (κ1) is 27.6. The van der Waals surface area contributed by atoms with Crippen molar-refractivity contribution in [3.63, 3.8) is 0 Å². The fraction of sp³-hybridized carbons (Fsp3) is 0.147. The highest BCUT2D eigenvalue weighted by Gasteiger charge is 2.22. The highest BCUT2D eigenvalue weighted by atomic mass is 16.5. The van der Waals surface area contributed by atoms with Crippen molar-refractivity contribution in [1.29, 1.82) is 0 Å². The molecule has 0 spiro atoms. The molecule has 2 N–H and O–H groups in total. The molecular formula is C34H29N7O2. The minimum Gasteiger partial charge on any atom is -0.481 e. The number of rotatable bonds is 6. The number of nitrogens with one attached hydrogen (secondary N) is 2. The van der Waals surface area contributed by atoms with E-state index in [4.69, 9.17) is 14.7 Å². The fourth-order valence-corrected chi connectivity index (χ4v) is 4.89. The second kappa shape index (κ2) is 11.7. The van der Waals surface area contributed by atoms with E-state index in [1.54, 1.807) is 39.5 Å². The second-order valence-corrected chi connectivity index (χ2v) is 9.97. The average Bonchev–Trinajstić information content (AvgIpc) is 3.42. The van der Waals surface area contributed by atoms with Crippen molar-refractivity contribution in [2.24, 2.45) is 0 Å². The summed E-state index contributed by atoms with van der Waals surface area (Å²) >= 11 is 0. The summed E-state index contributed by atoms with van der Waals surface area (Å²) in [5.41, 5.74) is 5.96. The van der Waals surface area contributed by atoms with Crippen LogP contribution in [0.1, 0.15) is 23.9 Å². The van der Waals surface area contributed by atoms with Gasteiger partial charge in [-0.05, 0) is 86.8 Å². The van der Waals surface area contributed by atoms with E-state index in [1.165, 1.54) is 0 Å². The van der Waals surface area contributed by atoms with E-state index in [1.807, 2.05) is 78.2 Å². The molecule has 43 heavy (non-hydrogen) atoms. The van der Waals surface area contributed by atoms with Crippen LogP contribution in [0.4, 0.5) is 5.82 Å². The molecule has 9 nitrogen and oxygen atoms in total. The Kier molecular flexibility index (Phi) is 7.52. The Morgan fingerprint density at radius 2 is 1.84 bits per heavy atom. The molecule has 0 radical (unpaired) electrons. The largest absolute Gasteiger partial charge is 0.481 e. The number of fused-ring (bicyclic) bond motifs is 2. The summed E-state index contributed by atoms with van der Waals surface area (Å²) in [4.78, 5) is 31.3. The van der Waals surface area contributed by atoms with E-state index in [-0.39, 0.29) is 5.91 Å². The van der Waals surface area contributed by atoms with Gasteiger partial charge in [-0.1, -0.05) is 18.1 Å². The zero-order valence-corrected chi connectivity index (χ0v) is 24.2. The predicted octanol–water partition coefficient (Wildman–Crippen LogP) is 5.27. The number of imidazole rings is 1. The Morgan fingerprint density at radius 1 is 0.953 bits per heavy atom. The highest BCUT2D eigenvalue weighted by molar-refractivity contribution is 5.94. The van der Waals surface area contributed by atoms with E-state index in [2.05, 4.69) is 32.4 Å². The predicted molar refractivity (Wildman–Crippen MR) is 168 cm³/mol. The van der Waals surface area contributed by atoms with Crippen LogP contribution in [0, 0.1) is 18.8 Å². The van der Waals surface area contributed by atoms with Gasteiger partial charge in [0, 0.05) is 40.8 Å². The molecule has 5 aromatic heterocycles. The van der Waals surface area contributed by atoms with Crippen LogP contribution in [0.25, 0.3) is 38.9 Å². The molecule has 0 fully saturated rings. The van der Waals surface area contributed by atoms with Crippen molar-refractivity contribution in [1.82, 2.24) is 29.7 Å². The third kappa shape index (κ3) is 5.39. The molecule has 0 aliphatic heterocycles. The molecule has 5 heterocycles. The number of amides is 1. The Bertz CT molecular complexity index is 2060. The minimum atomic E-state index is -0.394. The molecular weight excluding hydrogens is 538 g/mol. The second-order valence-electron chi connectivity index (χ2n) is 9.97. The number of hydrogen-bond acceptors (Lipinski definition) is 7. The lowest BCUT2D eigenvalue weighted by Crippen LogP contribution is -2.35. The molecule has 1 aromatic carbocycles. The van der Waals surface area contributed by atoms with E-state index in [0.717, 1.165) is 44.5 Å². The SMILES string of the molecule is CNC(C)C(=O)Nc1ccc(-c2c(-c3cccnc3OC)nc3ccccn23)c(C#Cc2ccc3c(C)nccc3c2)n1. The van der Waals surface area contributed by atoms with Gasteiger partial charge in [0.25, 0.3) is 0 Å². The lowest BCUT2D eigenvalue weighted by atomic mass is 10.0. The van der Waals surface area contributed by atoms with Crippen molar-refractivity contribution in [2.45, 2.75) is 19.9 Å². The maximum atomic E-state index is 12.7. The van der Waals surface area contributed by atoms with Crippen molar-refractivity contribution < 1.29 is 9.53 Å². The number of anilines is 1. The number of hydrogen-bond donors (Lipinski definition) is 2. The molecule has 0 saturated carbocycles. The molecule has 0 saturated heterocycles.